The number of benzene rings is 2. The van der Waals surface area contributed by atoms with Gasteiger partial charge in [-0.25, -0.2) is 66.8 Å². The number of nitrogen functional groups attached to an aromatic ring is 2. The van der Waals surface area contributed by atoms with Crippen molar-refractivity contribution >= 4 is 67.7 Å². The fourth-order valence-electron chi connectivity index (χ4n) is 9.02. The molecule has 20 nitrogen and oxygen atoms in total. The van der Waals surface area contributed by atoms with Crippen LogP contribution in [0.1, 0.15) is 47.3 Å². The summed E-state index contributed by atoms with van der Waals surface area (Å²) in [6.07, 6.45) is 8.12. The zero-order valence-corrected chi connectivity index (χ0v) is 43.0. The molecule has 0 bridgehead atoms. The average molecular weight is 1090 g/mol. The molecule has 0 saturated carbocycles. The summed E-state index contributed by atoms with van der Waals surface area (Å²) in [6.45, 7) is 4.27. The number of methoxy groups -OCH3 is 2. The number of fused-ring (bicyclic) bond motifs is 4. The number of hydrogen-bond acceptors (Lipinski definition) is 18. The first kappa shape index (κ1) is 50.9. The summed E-state index contributed by atoms with van der Waals surface area (Å²) >= 11 is 2.79. The average Bonchev–Trinajstić information content (AvgIpc) is 4.40. The van der Waals surface area contributed by atoms with Gasteiger partial charge in [-0.15, -0.1) is 22.7 Å². The van der Waals surface area contributed by atoms with Gasteiger partial charge in [0.25, 0.3) is 11.1 Å². The summed E-state index contributed by atoms with van der Waals surface area (Å²) in [4.78, 5) is 64.2. The number of thiazole rings is 2. The Hall–Kier alpha value is -9.24. The van der Waals surface area contributed by atoms with E-state index in [1.165, 1.54) is 96.0 Å². The van der Waals surface area contributed by atoms with Crippen molar-refractivity contribution in [3.05, 3.63) is 176 Å². The highest BCUT2D eigenvalue weighted by Crippen LogP contribution is 2.39. The third-order valence-electron chi connectivity index (χ3n) is 12.5. The Kier molecular flexibility index (Phi) is 13.5. The monoisotopic (exact) mass is 1090 g/mol. The van der Waals surface area contributed by atoms with Gasteiger partial charge in [-0.2, -0.15) is 10.2 Å². The topological polar surface area (TPSA) is 252 Å². The van der Waals surface area contributed by atoms with Crippen LogP contribution in [-0.2, 0) is 22.7 Å². The van der Waals surface area contributed by atoms with Gasteiger partial charge < -0.3 is 20.9 Å². The molecule has 0 saturated heterocycles. The minimum Gasteiger partial charge on any atom is -0.383 e. The molecule has 392 valence electrons. The molecule has 0 unspecified atom stereocenters. The molecule has 0 fully saturated rings. The predicted octanol–water partition coefficient (Wildman–Crippen LogP) is 8.48. The lowest BCUT2D eigenvalue weighted by molar-refractivity contribution is 0.184. The van der Waals surface area contributed by atoms with Gasteiger partial charge in [0.15, 0.2) is 11.3 Å². The SMILES string of the molecule is COCc1ncc(-c2nn([C@@H](C)c3nc4ccc(F)cn4c(=O)c3-c3cccc(F)c3)c3ncnc(N)c23)s1.COCc1ncc(-c2nn([C@H](C)c3nc4ccc(F)cn4c(=O)c3-c3cccc(F)c3)c3ncnc(N)c23)s1. The minimum atomic E-state index is -0.678. The Morgan fingerprint density at radius 2 is 0.987 bits per heavy atom. The Labute approximate surface area is 445 Å². The summed E-state index contributed by atoms with van der Waals surface area (Å²) in [5, 5.41) is 12.2. The van der Waals surface area contributed by atoms with E-state index in [0.717, 1.165) is 41.0 Å². The molecule has 0 aliphatic rings. The Morgan fingerprint density at radius 3 is 1.38 bits per heavy atom. The molecular formula is C52H40F4N16O4S2. The standard InChI is InChI=1S/2C26H20F2N8O2S/c2*1-13(36-25-21(24(29)31-12-32-25)23(34-36)17-9-30-19(39-17)11-38-2)22-20(14-4-3-5-15(27)8-14)26(37)35-10-16(28)6-7-18(35)33-22/h2*3-10,12-13H,11H2,1-2H3,(H2,29,31,32)/t2*13-/m10/s1. The third kappa shape index (κ3) is 9.24. The number of nitrogens with two attached hydrogens (primary N) is 2. The van der Waals surface area contributed by atoms with Gasteiger partial charge in [-0.1, -0.05) is 24.3 Å². The van der Waals surface area contributed by atoms with E-state index in [2.05, 4.69) is 29.9 Å². The predicted molar refractivity (Wildman–Crippen MR) is 284 cm³/mol. The number of pyridine rings is 2. The van der Waals surface area contributed by atoms with E-state index >= 15 is 0 Å². The second-order valence-electron chi connectivity index (χ2n) is 17.5. The van der Waals surface area contributed by atoms with E-state index in [4.69, 9.17) is 41.1 Å². The van der Waals surface area contributed by atoms with Crippen molar-refractivity contribution in [2.75, 3.05) is 25.7 Å². The molecule has 10 aromatic heterocycles. The lowest BCUT2D eigenvalue weighted by atomic mass is 10.0. The first-order valence-corrected chi connectivity index (χ1v) is 25.1. The van der Waals surface area contributed by atoms with E-state index in [-0.39, 0.29) is 34.1 Å². The normalized spacial score (nSPS) is 12.4. The van der Waals surface area contributed by atoms with Crippen molar-refractivity contribution < 1.29 is 27.0 Å². The minimum absolute atomic E-state index is 0.109. The maximum absolute atomic E-state index is 14.3. The van der Waals surface area contributed by atoms with Gasteiger partial charge in [0.05, 0.1) is 68.3 Å². The number of ether oxygens (including phenoxy) is 2. The van der Waals surface area contributed by atoms with Gasteiger partial charge in [-0.3, -0.25) is 18.4 Å². The third-order valence-corrected chi connectivity index (χ3v) is 14.5. The van der Waals surface area contributed by atoms with Gasteiger partial charge in [0.1, 0.15) is 80.3 Å². The van der Waals surface area contributed by atoms with Crippen LogP contribution in [0.3, 0.4) is 0 Å². The zero-order chi connectivity index (χ0) is 54.5. The summed E-state index contributed by atoms with van der Waals surface area (Å²) in [5.74, 6) is -1.82. The maximum Gasteiger partial charge on any atom is 0.266 e. The fraction of sp³-hybridized carbons (Fsp3) is 0.154. The number of nitrogens with zero attached hydrogens (tertiary/aromatic N) is 14. The Bertz CT molecular complexity index is 4150. The molecule has 0 radical (unpaired) electrons. The van der Waals surface area contributed by atoms with Crippen molar-refractivity contribution in [3.63, 3.8) is 0 Å². The fourth-order valence-corrected chi connectivity index (χ4v) is 10.8. The summed E-state index contributed by atoms with van der Waals surface area (Å²) in [6, 6.07) is 15.1. The van der Waals surface area contributed by atoms with Gasteiger partial charge >= 0.3 is 0 Å². The van der Waals surface area contributed by atoms with Crippen LogP contribution in [0, 0.1) is 23.3 Å². The number of rotatable bonds is 12. The molecule has 0 spiro atoms. The van der Waals surface area contributed by atoms with Gasteiger partial charge in [0, 0.05) is 39.0 Å². The van der Waals surface area contributed by atoms with Crippen molar-refractivity contribution in [2.45, 2.75) is 39.1 Å². The maximum atomic E-state index is 14.3. The molecule has 12 aromatic rings. The smallest absolute Gasteiger partial charge is 0.266 e. The quantitative estimate of drug-likeness (QED) is 0.109. The van der Waals surface area contributed by atoms with Crippen LogP contribution in [0.15, 0.2) is 120 Å². The van der Waals surface area contributed by atoms with Crippen LogP contribution >= 0.6 is 22.7 Å². The molecule has 0 amide bonds. The van der Waals surface area contributed by atoms with E-state index in [0.29, 0.717) is 69.2 Å². The molecule has 0 aliphatic heterocycles. The number of hydrogen-bond donors (Lipinski definition) is 2. The molecule has 0 aliphatic carbocycles. The van der Waals surface area contributed by atoms with E-state index in [1.807, 2.05) is 0 Å². The summed E-state index contributed by atoms with van der Waals surface area (Å²) in [7, 11) is 3.17. The first-order valence-electron chi connectivity index (χ1n) is 23.5. The first-order chi connectivity index (χ1) is 37.7. The number of halogens is 4. The highest BCUT2D eigenvalue weighted by atomic mass is 32.1. The van der Waals surface area contributed by atoms with Crippen LogP contribution in [0.4, 0.5) is 29.2 Å². The summed E-state index contributed by atoms with van der Waals surface area (Å²) < 4.78 is 72.5. The van der Waals surface area contributed by atoms with Gasteiger partial charge in [0.2, 0.25) is 0 Å². The molecule has 26 heteroatoms. The van der Waals surface area contributed by atoms with Crippen molar-refractivity contribution in [2.24, 2.45) is 0 Å². The molecular weight excluding hydrogens is 1050 g/mol. The van der Waals surface area contributed by atoms with Crippen molar-refractivity contribution in [1.82, 2.24) is 68.2 Å². The lowest BCUT2D eigenvalue weighted by Crippen LogP contribution is -2.23. The number of anilines is 2. The second kappa shape index (κ2) is 20.7. The van der Waals surface area contributed by atoms with E-state index in [9.17, 15) is 27.2 Å². The molecule has 2 aromatic carbocycles. The largest absolute Gasteiger partial charge is 0.383 e. The van der Waals surface area contributed by atoms with Crippen molar-refractivity contribution in [3.8, 4) is 43.4 Å². The van der Waals surface area contributed by atoms with Crippen LogP contribution < -0.4 is 22.6 Å². The molecule has 12 rings (SSSR count). The van der Waals surface area contributed by atoms with Crippen LogP contribution in [-0.4, -0.2) is 82.5 Å². The van der Waals surface area contributed by atoms with E-state index in [1.54, 1.807) is 62.0 Å². The Balaban J connectivity index is 0.000000165. The molecule has 2 atom stereocenters. The molecule has 4 N–H and O–H groups in total. The zero-order valence-electron chi connectivity index (χ0n) is 41.3. The Morgan fingerprint density at radius 1 is 0.564 bits per heavy atom. The highest BCUT2D eigenvalue weighted by molar-refractivity contribution is 7.15. The van der Waals surface area contributed by atoms with Crippen LogP contribution in [0.25, 0.3) is 76.8 Å². The highest BCUT2D eigenvalue weighted by Gasteiger charge is 2.29. The molecule has 78 heavy (non-hydrogen) atoms. The van der Waals surface area contributed by atoms with E-state index < -0.39 is 46.5 Å². The number of aromatic nitrogens is 14. The van der Waals surface area contributed by atoms with Crippen LogP contribution in [0.2, 0.25) is 0 Å². The van der Waals surface area contributed by atoms with Crippen molar-refractivity contribution in [1.29, 1.82) is 0 Å². The lowest BCUT2D eigenvalue weighted by Gasteiger charge is -2.18. The van der Waals surface area contributed by atoms with Crippen LogP contribution in [0.5, 0.6) is 0 Å². The molecule has 10 heterocycles. The second-order valence-corrected chi connectivity index (χ2v) is 19.7. The summed E-state index contributed by atoms with van der Waals surface area (Å²) in [5.41, 5.74) is 15.2. The van der Waals surface area contributed by atoms with Gasteiger partial charge in [-0.05, 0) is 73.5 Å².